The summed E-state index contributed by atoms with van der Waals surface area (Å²) in [7, 11) is 0. The fraction of sp³-hybridized carbons (Fsp3) is 0.800. The Bertz CT molecular complexity index is 137. The molecular formula is C5H6F2O3. The summed E-state index contributed by atoms with van der Waals surface area (Å²) in [6.07, 6.45) is -4.81. The molecule has 0 N–H and O–H groups in total. The Morgan fingerprint density at radius 2 is 2.30 bits per heavy atom. The van der Waals surface area contributed by atoms with E-state index in [0.717, 1.165) is 0 Å². The fourth-order valence-corrected chi connectivity index (χ4v) is 0.652. The van der Waals surface area contributed by atoms with Crippen LogP contribution in [0.25, 0.3) is 0 Å². The molecule has 1 saturated heterocycles. The zero-order valence-corrected chi connectivity index (χ0v) is 5.05. The predicted molar refractivity (Wildman–Crippen MR) is 26.8 cm³/mol. The van der Waals surface area contributed by atoms with Crippen LogP contribution >= 0.6 is 0 Å². The van der Waals surface area contributed by atoms with Crippen LogP contribution in [0, 0.1) is 0 Å². The van der Waals surface area contributed by atoms with Gasteiger partial charge in [0, 0.05) is 6.42 Å². The smallest absolute Gasteiger partial charge is 0.434 e. The zero-order valence-electron chi connectivity index (χ0n) is 5.05. The summed E-state index contributed by atoms with van der Waals surface area (Å²) in [5, 5.41) is 0. The highest BCUT2D eigenvalue weighted by atomic mass is 19.3. The topological polar surface area (TPSA) is 35.5 Å². The Balaban J connectivity index is 2.39. The molecule has 0 aromatic carbocycles. The van der Waals surface area contributed by atoms with Gasteiger partial charge in [-0.2, -0.15) is 0 Å². The Morgan fingerprint density at radius 3 is 2.70 bits per heavy atom. The van der Waals surface area contributed by atoms with Gasteiger partial charge in [-0.3, -0.25) is 0 Å². The number of hydrogen-bond acceptors (Lipinski definition) is 3. The van der Waals surface area contributed by atoms with Crippen LogP contribution in [-0.2, 0) is 9.47 Å². The maximum absolute atomic E-state index is 11.8. The summed E-state index contributed by atoms with van der Waals surface area (Å²) in [6.45, 7) is 0.0217. The van der Waals surface area contributed by atoms with Gasteiger partial charge >= 0.3 is 6.16 Å². The molecule has 1 atom stereocenters. The molecular weight excluding hydrogens is 146 g/mol. The first-order chi connectivity index (χ1) is 4.70. The van der Waals surface area contributed by atoms with Crippen molar-refractivity contribution >= 4 is 6.16 Å². The van der Waals surface area contributed by atoms with Gasteiger partial charge in [-0.15, -0.1) is 0 Å². The molecule has 0 aliphatic carbocycles. The molecule has 0 aromatic heterocycles. The average Bonchev–Trinajstić information content (AvgIpc) is 1.88. The predicted octanol–water partition coefficient (Wildman–Crippen LogP) is 1.18. The largest absolute Gasteiger partial charge is 0.508 e. The van der Waals surface area contributed by atoms with Gasteiger partial charge in [-0.1, -0.05) is 0 Å². The highest BCUT2D eigenvalue weighted by molar-refractivity contribution is 5.60. The van der Waals surface area contributed by atoms with Gasteiger partial charge in [0.25, 0.3) is 6.43 Å². The molecule has 1 aliphatic heterocycles. The van der Waals surface area contributed by atoms with Crippen LogP contribution in [0.2, 0.25) is 0 Å². The third-order valence-electron chi connectivity index (χ3n) is 1.15. The minimum Gasteiger partial charge on any atom is -0.434 e. The van der Waals surface area contributed by atoms with Crippen molar-refractivity contribution in [2.24, 2.45) is 0 Å². The van der Waals surface area contributed by atoms with Gasteiger partial charge in [0.15, 0.2) is 6.10 Å². The summed E-state index contributed by atoms with van der Waals surface area (Å²) in [5.41, 5.74) is 0. The molecule has 1 rings (SSSR count). The van der Waals surface area contributed by atoms with E-state index >= 15 is 0 Å². The molecule has 0 amide bonds. The van der Waals surface area contributed by atoms with Crippen LogP contribution in [0.3, 0.4) is 0 Å². The second kappa shape index (κ2) is 2.81. The number of carbonyl (C=O) groups excluding carboxylic acids is 1. The Morgan fingerprint density at radius 1 is 1.60 bits per heavy atom. The molecule has 0 radical (unpaired) electrons. The average molecular weight is 152 g/mol. The second-order valence-electron chi connectivity index (χ2n) is 1.88. The third kappa shape index (κ3) is 1.55. The van der Waals surface area contributed by atoms with Crippen LogP contribution in [0.5, 0.6) is 0 Å². The van der Waals surface area contributed by atoms with E-state index in [1.165, 1.54) is 0 Å². The highest BCUT2D eigenvalue weighted by Crippen LogP contribution is 2.14. The Labute approximate surface area is 55.9 Å². The molecule has 1 fully saturated rings. The molecule has 1 heterocycles. The number of rotatable bonds is 1. The van der Waals surface area contributed by atoms with Crippen molar-refractivity contribution in [3.8, 4) is 0 Å². The Kier molecular flexibility index (Phi) is 2.03. The molecule has 1 unspecified atom stereocenters. The lowest BCUT2D eigenvalue weighted by atomic mass is 10.2. The number of hydrogen-bond donors (Lipinski definition) is 0. The second-order valence-corrected chi connectivity index (χ2v) is 1.88. The molecule has 3 nitrogen and oxygen atoms in total. The number of cyclic esters (lactones) is 2. The monoisotopic (exact) mass is 152 g/mol. The van der Waals surface area contributed by atoms with Gasteiger partial charge in [-0.25, -0.2) is 13.6 Å². The molecule has 0 aromatic rings. The SMILES string of the molecule is O=C1OCCC(C(F)F)O1. The van der Waals surface area contributed by atoms with Crippen LogP contribution < -0.4 is 0 Å². The van der Waals surface area contributed by atoms with Gasteiger partial charge < -0.3 is 9.47 Å². The molecule has 58 valence electrons. The van der Waals surface area contributed by atoms with E-state index in [1.807, 2.05) is 0 Å². The minimum atomic E-state index is -2.60. The van der Waals surface area contributed by atoms with Gasteiger partial charge in [0.1, 0.15) is 0 Å². The van der Waals surface area contributed by atoms with E-state index in [-0.39, 0.29) is 13.0 Å². The summed E-state index contributed by atoms with van der Waals surface area (Å²) in [5.74, 6) is 0. The van der Waals surface area contributed by atoms with Crippen molar-refractivity contribution in [2.75, 3.05) is 6.61 Å². The van der Waals surface area contributed by atoms with Crippen molar-refractivity contribution in [3.63, 3.8) is 0 Å². The highest BCUT2D eigenvalue weighted by Gasteiger charge is 2.29. The maximum Gasteiger partial charge on any atom is 0.508 e. The van der Waals surface area contributed by atoms with E-state index in [1.54, 1.807) is 0 Å². The first kappa shape index (κ1) is 7.24. The van der Waals surface area contributed by atoms with E-state index in [4.69, 9.17) is 0 Å². The van der Waals surface area contributed by atoms with Crippen molar-refractivity contribution in [1.82, 2.24) is 0 Å². The summed E-state index contributed by atoms with van der Waals surface area (Å²) in [6, 6.07) is 0. The molecule has 0 spiro atoms. The van der Waals surface area contributed by atoms with E-state index in [2.05, 4.69) is 9.47 Å². The number of alkyl halides is 2. The summed E-state index contributed by atoms with van der Waals surface area (Å²) < 4.78 is 31.9. The normalized spacial score (nSPS) is 25.9. The Hall–Kier alpha value is -0.870. The minimum absolute atomic E-state index is 0.0217. The number of ether oxygens (including phenoxy) is 2. The number of halogens is 2. The summed E-state index contributed by atoms with van der Waals surface area (Å²) in [4.78, 5) is 10.2. The lowest BCUT2D eigenvalue weighted by Gasteiger charge is -2.20. The fourth-order valence-electron chi connectivity index (χ4n) is 0.652. The molecule has 0 saturated carbocycles. The molecule has 0 bridgehead atoms. The van der Waals surface area contributed by atoms with Crippen LogP contribution in [0.15, 0.2) is 0 Å². The molecule has 5 heteroatoms. The van der Waals surface area contributed by atoms with Crippen molar-refractivity contribution in [2.45, 2.75) is 19.0 Å². The van der Waals surface area contributed by atoms with Crippen LogP contribution in [0.1, 0.15) is 6.42 Å². The van der Waals surface area contributed by atoms with Crippen LogP contribution in [-0.4, -0.2) is 25.3 Å². The first-order valence-electron chi connectivity index (χ1n) is 2.81. The van der Waals surface area contributed by atoms with E-state index < -0.39 is 18.7 Å². The maximum atomic E-state index is 11.8. The molecule has 10 heavy (non-hydrogen) atoms. The van der Waals surface area contributed by atoms with Gasteiger partial charge in [0.2, 0.25) is 0 Å². The van der Waals surface area contributed by atoms with Gasteiger partial charge in [-0.05, 0) is 0 Å². The van der Waals surface area contributed by atoms with Crippen molar-refractivity contribution < 1.29 is 23.0 Å². The summed E-state index contributed by atoms with van der Waals surface area (Å²) >= 11 is 0. The third-order valence-corrected chi connectivity index (χ3v) is 1.15. The lowest BCUT2D eigenvalue weighted by Crippen LogP contribution is -2.32. The van der Waals surface area contributed by atoms with Crippen molar-refractivity contribution in [1.29, 1.82) is 0 Å². The van der Waals surface area contributed by atoms with Gasteiger partial charge in [0.05, 0.1) is 6.61 Å². The van der Waals surface area contributed by atoms with E-state index in [0.29, 0.717) is 0 Å². The lowest BCUT2D eigenvalue weighted by molar-refractivity contribution is -0.0838. The van der Waals surface area contributed by atoms with Crippen molar-refractivity contribution in [3.05, 3.63) is 0 Å². The molecule has 1 aliphatic rings. The van der Waals surface area contributed by atoms with E-state index in [9.17, 15) is 13.6 Å². The number of carbonyl (C=O) groups is 1. The quantitative estimate of drug-likeness (QED) is 0.529. The van der Waals surface area contributed by atoms with Crippen LogP contribution in [0.4, 0.5) is 13.6 Å². The zero-order chi connectivity index (χ0) is 7.56. The standard InChI is InChI=1S/C5H6F2O3/c6-4(7)3-1-2-9-5(8)10-3/h3-4H,1-2H2. The first-order valence-corrected chi connectivity index (χ1v) is 2.81.